The van der Waals surface area contributed by atoms with Gasteiger partial charge in [-0.2, -0.15) is 8.61 Å². The van der Waals surface area contributed by atoms with E-state index in [1.807, 2.05) is 44.2 Å². The minimum absolute atomic E-state index is 0.0157. The lowest BCUT2D eigenvalue weighted by molar-refractivity contribution is 0.0904. The number of rotatable bonds is 6. The van der Waals surface area contributed by atoms with E-state index in [4.69, 9.17) is 4.74 Å². The Bertz CT molecular complexity index is 1610. The lowest BCUT2D eigenvalue weighted by Gasteiger charge is -2.37. The van der Waals surface area contributed by atoms with Crippen LogP contribution in [0.2, 0.25) is 0 Å². The number of aliphatic hydroxyl groups is 1. The lowest BCUT2D eigenvalue weighted by Crippen LogP contribution is -2.50. The summed E-state index contributed by atoms with van der Waals surface area (Å²) in [5.74, 6) is 5.79. The van der Waals surface area contributed by atoms with Gasteiger partial charge in [0.1, 0.15) is 16.7 Å². The molecule has 0 aromatic heterocycles. The van der Waals surface area contributed by atoms with Crippen LogP contribution in [0.4, 0.5) is 0 Å². The number of sulfonamides is 2. The van der Waals surface area contributed by atoms with Gasteiger partial charge in [-0.3, -0.25) is 0 Å². The van der Waals surface area contributed by atoms with Crippen molar-refractivity contribution < 1.29 is 26.7 Å². The standard InChI is InChI=1S/C30H34N2O6S2/c1-22-10-15-27(16-11-22)39(34,35)31(4)20-29-23(2)19-32(24(3)21-33)40(36,37)30-17-14-26(18-28(30)38-29)13-12-25-8-6-5-7-9-25/h5-11,14-18,23-24,29,33H,19-21H2,1-4H3/t23-,24+,29+/m0/s1. The highest BCUT2D eigenvalue weighted by Gasteiger charge is 2.39. The van der Waals surface area contributed by atoms with Crippen LogP contribution in [0.3, 0.4) is 0 Å². The normalized spacial score (nSPS) is 19.9. The molecule has 0 bridgehead atoms. The maximum atomic E-state index is 13.7. The quantitative estimate of drug-likeness (QED) is 0.447. The highest BCUT2D eigenvalue weighted by atomic mass is 32.2. The molecule has 8 nitrogen and oxygen atoms in total. The Kier molecular flexibility index (Phi) is 9.02. The molecule has 0 saturated heterocycles. The van der Waals surface area contributed by atoms with Crippen molar-refractivity contribution in [3.8, 4) is 17.6 Å². The zero-order valence-electron chi connectivity index (χ0n) is 23.0. The van der Waals surface area contributed by atoms with Crippen LogP contribution in [-0.2, 0) is 20.0 Å². The third-order valence-electron chi connectivity index (χ3n) is 6.96. The molecule has 0 spiro atoms. The van der Waals surface area contributed by atoms with Gasteiger partial charge >= 0.3 is 0 Å². The lowest BCUT2D eigenvalue weighted by atomic mass is 10.0. The topological polar surface area (TPSA) is 104 Å². The van der Waals surface area contributed by atoms with Crippen LogP contribution in [0.25, 0.3) is 0 Å². The zero-order chi connectivity index (χ0) is 29.1. The predicted molar refractivity (Wildman–Crippen MR) is 154 cm³/mol. The van der Waals surface area contributed by atoms with E-state index in [9.17, 15) is 21.9 Å². The number of aliphatic hydroxyl groups excluding tert-OH is 1. The van der Waals surface area contributed by atoms with Crippen molar-refractivity contribution in [3.63, 3.8) is 0 Å². The van der Waals surface area contributed by atoms with Gasteiger partial charge < -0.3 is 9.84 Å². The third kappa shape index (κ3) is 6.40. The van der Waals surface area contributed by atoms with Gasteiger partial charge in [0, 0.05) is 36.7 Å². The van der Waals surface area contributed by atoms with Crippen LogP contribution >= 0.6 is 0 Å². The third-order valence-corrected chi connectivity index (χ3v) is 10.8. The molecule has 0 saturated carbocycles. The molecule has 40 heavy (non-hydrogen) atoms. The van der Waals surface area contributed by atoms with Crippen molar-refractivity contribution in [2.45, 2.75) is 42.7 Å². The molecule has 4 rings (SSSR count). The van der Waals surface area contributed by atoms with Crippen molar-refractivity contribution in [2.75, 3.05) is 26.7 Å². The number of fused-ring (bicyclic) bond motifs is 1. The molecule has 0 amide bonds. The minimum atomic E-state index is -4.03. The highest BCUT2D eigenvalue weighted by Crippen LogP contribution is 2.34. The number of aryl methyl sites for hydroxylation is 1. The highest BCUT2D eigenvalue weighted by molar-refractivity contribution is 7.89. The summed E-state index contributed by atoms with van der Waals surface area (Å²) >= 11 is 0. The molecule has 1 N–H and O–H groups in total. The molecule has 1 heterocycles. The van der Waals surface area contributed by atoms with Crippen LogP contribution in [0.5, 0.6) is 5.75 Å². The summed E-state index contributed by atoms with van der Waals surface area (Å²) in [4.78, 5) is 0.107. The Balaban J connectivity index is 1.74. The number of nitrogens with zero attached hydrogens (tertiary/aromatic N) is 2. The van der Waals surface area contributed by atoms with Crippen LogP contribution in [0.15, 0.2) is 82.6 Å². The Labute approximate surface area is 237 Å². The fourth-order valence-corrected chi connectivity index (χ4v) is 7.44. The largest absolute Gasteiger partial charge is 0.487 e. The first-order valence-electron chi connectivity index (χ1n) is 13.0. The molecule has 0 unspecified atom stereocenters. The second kappa shape index (κ2) is 12.1. The summed E-state index contributed by atoms with van der Waals surface area (Å²) in [7, 11) is -6.37. The molecular weight excluding hydrogens is 548 g/mol. The molecule has 3 aromatic rings. The van der Waals surface area contributed by atoms with E-state index in [2.05, 4.69) is 11.8 Å². The monoisotopic (exact) mass is 582 g/mol. The van der Waals surface area contributed by atoms with Crippen molar-refractivity contribution in [1.29, 1.82) is 0 Å². The van der Waals surface area contributed by atoms with E-state index in [1.54, 1.807) is 43.3 Å². The van der Waals surface area contributed by atoms with Gasteiger partial charge in [-0.1, -0.05) is 54.7 Å². The van der Waals surface area contributed by atoms with E-state index >= 15 is 0 Å². The number of hydrogen-bond acceptors (Lipinski definition) is 6. The second-order valence-electron chi connectivity index (χ2n) is 10.1. The van der Waals surface area contributed by atoms with E-state index in [1.165, 1.54) is 21.7 Å². The predicted octanol–water partition coefficient (Wildman–Crippen LogP) is 3.48. The van der Waals surface area contributed by atoms with Gasteiger partial charge in [0.05, 0.1) is 18.0 Å². The van der Waals surface area contributed by atoms with Crippen molar-refractivity contribution in [2.24, 2.45) is 5.92 Å². The second-order valence-corrected chi connectivity index (χ2v) is 14.0. The Hall–Kier alpha value is -3.20. The molecule has 3 aromatic carbocycles. The van der Waals surface area contributed by atoms with Gasteiger partial charge in [0.2, 0.25) is 20.0 Å². The van der Waals surface area contributed by atoms with E-state index in [0.717, 1.165) is 11.1 Å². The molecule has 0 radical (unpaired) electrons. The maximum Gasteiger partial charge on any atom is 0.247 e. The number of ether oxygens (including phenoxy) is 1. The molecule has 3 atom stereocenters. The molecule has 0 fully saturated rings. The van der Waals surface area contributed by atoms with Gasteiger partial charge in [0.15, 0.2) is 0 Å². The Morgan fingerprint density at radius 2 is 1.70 bits per heavy atom. The summed E-state index contributed by atoms with van der Waals surface area (Å²) < 4.78 is 62.9. The average Bonchev–Trinajstić information content (AvgIpc) is 2.94. The maximum absolute atomic E-state index is 13.7. The Morgan fingerprint density at radius 3 is 2.35 bits per heavy atom. The molecule has 1 aliphatic heterocycles. The van der Waals surface area contributed by atoms with Crippen LogP contribution in [0.1, 0.15) is 30.5 Å². The van der Waals surface area contributed by atoms with Gasteiger partial charge in [-0.15, -0.1) is 0 Å². The van der Waals surface area contributed by atoms with Gasteiger partial charge in [0.25, 0.3) is 0 Å². The first-order chi connectivity index (χ1) is 18.9. The first kappa shape index (κ1) is 29.8. The van der Waals surface area contributed by atoms with Crippen LogP contribution in [0, 0.1) is 24.7 Å². The number of likely N-dealkylation sites (N-methyl/N-ethyl adjacent to an activating group) is 1. The fraction of sp³-hybridized carbons (Fsp3) is 0.333. The smallest absolute Gasteiger partial charge is 0.247 e. The molecule has 10 heteroatoms. The molecule has 1 aliphatic rings. The van der Waals surface area contributed by atoms with Gasteiger partial charge in [-0.25, -0.2) is 16.8 Å². The Morgan fingerprint density at radius 1 is 1.05 bits per heavy atom. The SMILES string of the molecule is Cc1ccc(S(=O)(=O)N(C)C[C@H]2Oc3cc(C#Cc4ccccc4)ccc3S(=O)(=O)N([C@H](C)CO)C[C@@H]2C)cc1. The van der Waals surface area contributed by atoms with E-state index < -0.39 is 38.1 Å². The van der Waals surface area contributed by atoms with Crippen molar-refractivity contribution in [3.05, 3.63) is 89.5 Å². The number of benzene rings is 3. The first-order valence-corrected chi connectivity index (χ1v) is 15.8. The van der Waals surface area contributed by atoms with Crippen LogP contribution < -0.4 is 4.74 Å². The molecular formula is C30H34N2O6S2. The van der Waals surface area contributed by atoms with E-state index in [-0.39, 0.29) is 35.2 Å². The van der Waals surface area contributed by atoms with E-state index in [0.29, 0.717) is 5.56 Å². The molecule has 212 valence electrons. The fourth-order valence-electron chi connectivity index (χ4n) is 4.43. The summed E-state index contributed by atoms with van der Waals surface area (Å²) in [6.45, 7) is 4.99. The summed E-state index contributed by atoms with van der Waals surface area (Å²) in [6, 6.07) is 20.0. The summed E-state index contributed by atoms with van der Waals surface area (Å²) in [5, 5.41) is 9.86. The molecule has 0 aliphatic carbocycles. The summed E-state index contributed by atoms with van der Waals surface area (Å²) in [6.07, 6.45) is -0.690. The van der Waals surface area contributed by atoms with Crippen LogP contribution in [-0.4, -0.2) is 69.4 Å². The van der Waals surface area contributed by atoms with Crippen molar-refractivity contribution >= 4 is 20.0 Å². The zero-order valence-corrected chi connectivity index (χ0v) is 24.6. The minimum Gasteiger partial charge on any atom is -0.487 e. The number of hydrogen-bond donors (Lipinski definition) is 1. The average molecular weight is 583 g/mol. The summed E-state index contributed by atoms with van der Waals surface area (Å²) in [5.41, 5.74) is 2.30. The van der Waals surface area contributed by atoms with Gasteiger partial charge in [-0.05, 0) is 56.3 Å². The van der Waals surface area contributed by atoms with Crippen molar-refractivity contribution in [1.82, 2.24) is 8.61 Å².